The lowest BCUT2D eigenvalue weighted by atomic mass is 9.96. The summed E-state index contributed by atoms with van der Waals surface area (Å²) in [4.78, 5) is 34.0. The van der Waals surface area contributed by atoms with Gasteiger partial charge in [0.2, 0.25) is 5.91 Å². The Bertz CT molecular complexity index is 699. The van der Waals surface area contributed by atoms with Crippen molar-refractivity contribution >= 4 is 5.91 Å². The molecule has 1 fully saturated rings. The highest BCUT2D eigenvalue weighted by Gasteiger charge is 2.28. The minimum Gasteiger partial charge on any atom is -0.334 e. The van der Waals surface area contributed by atoms with Crippen molar-refractivity contribution in [3.8, 4) is 0 Å². The van der Waals surface area contributed by atoms with Crippen LogP contribution in [0.15, 0.2) is 47.8 Å². The van der Waals surface area contributed by atoms with Crippen LogP contribution in [-0.4, -0.2) is 31.9 Å². The molecule has 1 amide bonds. The van der Waals surface area contributed by atoms with Gasteiger partial charge in [-0.15, -0.1) is 0 Å². The van der Waals surface area contributed by atoms with Gasteiger partial charge < -0.3 is 4.90 Å². The van der Waals surface area contributed by atoms with E-state index in [9.17, 15) is 9.59 Å². The van der Waals surface area contributed by atoms with Crippen molar-refractivity contribution in [2.24, 2.45) is 0 Å². The average molecular weight is 298 g/mol. The number of rotatable bonds is 3. The molecule has 2 aromatic heterocycles. The summed E-state index contributed by atoms with van der Waals surface area (Å²) in [5.41, 5.74) is 0.653. The number of nitrogens with zero attached hydrogens (tertiary/aromatic N) is 4. The number of piperidine rings is 1. The molecule has 0 unspecified atom stereocenters. The monoisotopic (exact) mass is 298 g/mol. The molecular weight excluding hydrogens is 280 g/mol. The van der Waals surface area contributed by atoms with E-state index < -0.39 is 5.69 Å². The van der Waals surface area contributed by atoms with Gasteiger partial charge in [0.05, 0.1) is 6.04 Å². The van der Waals surface area contributed by atoms with E-state index in [0.717, 1.165) is 24.8 Å². The number of amides is 1. The van der Waals surface area contributed by atoms with Crippen LogP contribution >= 0.6 is 0 Å². The Hall–Kier alpha value is -2.50. The molecule has 1 aliphatic heterocycles. The fourth-order valence-corrected chi connectivity index (χ4v) is 2.89. The van der Waals surface area contributed by atoms with Gasteiger partial charge in [0.15, 0.2) is 0 Å². The molecule has 2 aromatic rings. The van der Waals surface area contributed by atoms with Crippen LogP contribution in [0, 0.1) is 0 Å². The fraction of sp³-hybridized carbons (Fsp3) is 0.375. The zero-order valence-electron chi connectivity index (χ0n) is 12.3. The molecule has 1 atom stereocenters. The highest BCUT2D eigenvalue weighted by atomic mass is 16.2. The maximum absolute atomic E-state index is 12.6. The molecule has 0 N–H and O–H groups in total. The molecule has 1 aliphatic rings. The van der Waals surface area contributed by atoms with E-state index >= 15 is 0 Å². The first-order chi connectivity index (χ1) is 10.8. The average Bonchev–Trinajstić information content (AvgIpc) is 2.58. The van der Waals surface area contributed by atoms with Crippen LogP contribution < -0.4 is 5.69 Å². The minimum absolute atomic E-state index is 0.0312. The highest BCUT2D eigenvalue weighted by molar-refractivity contribution is 5.76. The molecule has 3 heterocycles. The quantitative estimate of drug-likeness (QED) is 0.859. The van der Waals surface area contributed by atoms with Gasteiger partial charge in [-0.25, -0.2) is 9.78 Å². The molecule has 1 saturated heterocycles. The van der Waals surface area contributed by atoms with E-state index in [1.54, 1.807) is 18.5 Å². The Kier molecular flexibility index (Phi) is 4.27. The van der Waals surface area contributed by atoms with Crippen LogP contribution in [0.3, 0.4) is 0 Å². The van der Waals surface area contributed by atoms with Gasteiger partial charge in [0.1, 0.15) is 6.54 Å². The topological polar surface area (TPSA) is 68.1 Å². The summed E-state index contributed by atoms with van der Waals surface area (Å²) < 4.78 is 1.34. The molecule has 0 bridgehead atoms. The summed E-state index contributed by atoms with van der Waals surface area (Å²) in [6, 6.07) is 5.59. The smallest absolute Gasteiger partial charge is 0.334 e. The van der Waals surface area contributed by atoms with Crippen LogP contribution in [0.4, 0.5) is 0 Å². The SMILES string of the molecule is O=C(Cn1cccnc1=O)N1CCCC[C@@H]1c1cccnc1. The van der Waals surface area contributed by atoms with Crippen molar-refractivity contribution in [2.45, 2.75) is 31.8 Å². The zero-order valence-corrected chi connectivity index (χ0v) is 12.3. The van der Waals surface area contributed by atoms with Crippen molar-refractivity contribution in [3.63, 3.8) is 0 Å². The van der Waals surface area contributed by atoms with Crippen molar-refractivity contribution in [1.29, 1.82) is 0 Å². The highest BCUT2D eigenvalue weighted by Crippen LogP contribution is 2.30. The van der Waals surface area contributed by atoms with Gasteiger partial charge in [-0.3, -0.25) is 14.3 Å². The van der Waals surface area contributed by atoms with Gasteiger partial charge in [-0.2, -0.15) is 0 Å². The van der Waals surface area contributed by atoms with Crippen LogP contribution in [0.1, 0.15) is 30.9 Å². The summed E-state index contributed by atoms with van der Waals surface area (Å²) >= 11 is 0. The molecule has 22 heavy (non-hydrogen) atoms. The van der Waals surface area contributed by atoms with E-state index in [0.29, 0.717) is 6.54 Å². The number of carbonyl (C=O) groups excluding carboxylic acids is 1. The van der Waals surface area contributed by atoms with Crippen molar-refractivity contribution in [3.05, 3.63) is 59.0 Å². The van der Waals surface area contributed by atoms with Gasteiger partial charge in [0.25, 0.3) is 0 Å². The number of likely N-dealkylation sites (tertiary alicyclic amines) is 1. The first-order valence-corrected chi connectivity index (χ1v) is 7.46. The van der Waals surface area contributed by atoms with Crippen LogP contribution in [-0.2, 0) is 11.3 Å². The Morgan fingerprint density at radius 2 is 2.18 bits per heavy atom. The number of carbonyl (C=O) groups is 1. The van der Waals surface area contributed by atoms with Gasteiger partial charge in [0, 0.05) is 31.3 Å². The lowest BCUT2D eigenvalue weighted by Gasteiger charge is -2.36. The summed E-state index contributed by atoms with van der Waals surface area (Å²) in [6.45, 7) is 0.747. The largest absolute Gasteiger partial charge is 0.347 e. The lowest BCUT2D eigenvalue weighted by Crippen LogP contribution is -2.41. The van der Waals surface area contributed by atoms with E-state index in [1.165, 1.54) is 10.8 Å². The molecule has 0 aliphatic carbocycles. The normalized spacial score (nSPS) is 18.2. The molecule has 0 aromatic carbocycles. The second kappa shape index (κ2) is 6.51. The summed E-state index contributed by atoms with van der Waals surface area (Å²) in [7, 11) is 0. The number of pyridine rings is 1. The Morgan fingerprint density at radius 3 is 2.95 bits per heavy atom. The molecule has 0 saturated carbocycles. The maximum atomic E-state index is 12.6. The fourth-order valence-electron chi connectivity index (χ4n) is 2.89. The van der Waals surface area contributed by atoms with Gasteiger partial charge in [-0.1, -0.05) is 6.07 Å². The van der Waals surface area contributed by atoms with Crippen molar-refractivity contribution in [1.82, 2.24) is 19.4 Å². The van der Waals surface area contributed by atoms with E-state index in [1.807, 2.05) is 23.2 Å². The third kappa shape index (κ3) is 3.05. The molecule has 3 rings (SSSR count). The first-order valence-electron chi connectivity index (χ1n) is 7.46. The van der Waals surface area contributed by atoms with Crippen LogP contribution in [0.5, 0.6) is 0 Å². The molecule has 114 valence electrons. The maximum Gasteiger partial charge on any atom is 0.347 e. The van der Waals surface area contributed by atoms with E-state index in [2.05, 4.69) is 9.97 Å². The second-order valence-corrected chi connectivity index (χ2v) is 5.42. The predicted molar refractivity (Wildman–Crippen MR) is 81.0 cm³/mol. The van der Waals surface area contributed by atoms with Crippen molar-refractivity contribution < 1.29 is 4.79 Å². The van der Waals surface area contributed by atoms with Gasteiger partial charge in [-0.05, 0) is 37.0 Å². The Labute approximate surface area is 128 Å². The number of hydrogen-bond acceptors (Lipinski definition) is 4. The number of hydrogen-bond donors (Lipinski definition) is 0. The van der Waals surface area contributed by atoms with Crippen LogP contribution in [0.25, 0.3) is 0 Å². The molecule has 6 nitrogen and oxygen atoms in total. The third-order valence-corrected chi connectivity index (χ3v) is 3.98. The second-order valence-electron chi connectivity index (χ2n) is 5.42. The summed E-state index contributed by atoms with van der Waals surface area (Å²) in [5, 5.41) is 0. The Balaban J connectivity index is 1.80. The lowest BCUT2D eigenvalue weighted by molar-refractivity contribution is -0.135. The van der Waals surface area contributed by atoms with Crippen molar-refractivity contribution in [2.75, 3.05) is 6.54 Å². The third-order valence-electron chi connectivity index (χ3n) is 3.98. The Morgan fingerprint density at radius 1 is 1.27 bits per heavy atom. The predicted octanol–water partition coefficient (Wildman–Crippen LogP) is 1.39. The molecule has 0 radical (unpaired) electrons. The van der Waals surface area contributed by atoms with E-state index in [-0.39, 0.29) is 18.5 Å². The molecule has 6 heteroatoms. The van der Waals surface area contributed by atoms with Gasteiger partial charge >= 0.3 is 5.69 Å². The van der Waals surface area contributed by atoms with Crippen LogP contribution in [0.2, 0.25) is 0 Å². The minimum atomic E-state index is -0.397. The standard InChI is InChI=1S/C16H18N4O2/c21-15(12-19-9-4-8-18-16(19)22)20-10-2-1-6-14(20)13-5-3-7-17-11-13/h3-5,7-9,11,14H,1-2,6,10,12H2/t14-/m1/s1. The first kappa shape index (κ1) is 14.4. The molecule has 0 spiro atoms. The number of aromatic nitrogens is 3. The summed E-state index contributed by atoms with van der Waals surface area (Å²) in [6.07, 6.45) is 9.58. The summed E-state index contributed by atoms with van der Waals surface area (Å²) in [5.74, 6) is -0.0522. The molecular formula is C16H18N4O2. The zero-order chi connectivity index (χ0) is 15.4. The van der Waals surface area contributed by atoms with E-state index in [4.69, 9.17) is 0 Å².